The second-order valence-electron chi connectivity index (χ2n) is 12.3. The van der Waals surface area contributed by atoms with E-state index in [2.05, 4.69) is 5.32 Å². The van der Waals surface area contributed by atoms with E-state index in [9.17, 15) is 24.3 Å². The van der Waals surface area contributed by atoms with Crippen LogP contribution in [-0.4, -0.2) is 77.3 Å². The van der Waals surface area contributed by atoms with E-state index in [0.717, 1.165) is 25.7 Å². The minimum absolute atomic E-state index is 0. The van der Waals surface area contributed by atoms with Gasteiger partial charge in [0.05, 0.1) is 42.1 Å². The number of halogens is 1. The van der Waals surface area contributed by atoms with Crippen molar-refractivity contribution in [1.82, 2.24) is 5.32 Å². The summed E-state index contributed by atoms with van der Waals surface area (Å²) in [6.07, 6.45) is 5.09. The van der Waals surface area contributed by atoms with Crippen LogP contribution >= 0.6 is 12.4 Å². The molecule has 0 spiro atoms. The molecule has 1 amide bonds. The molecule has 0 rings (SSSR count). The molecule has 12 heteroatoms. The van der Waals surface area contributed by atoms with Gasteiger partial charge in [-0.05, 0) is 80.2 Å². The van der Waals surface area contributed by atoms with Crippen LogP contribution in [0.4, 0.5) is 4.79 Å². The topological polar surface area (TPSA) is 200 Å². The number of Topliss-reactive ketones (excluding diaryl/α,β-unsaturated/α-hetero) is 3. The number of ketones is 3. The number of nitrogens with zero attached hydrogens (tertiary/aromatic N) is 1. The molecule has 6 N–H and O–H groups in total. The normalized spacial score (nSPS) is 14.6. The number of hydrogen-bond donors (Lipinski definition) is 5. The zero-order chi connectivity index (χ0) is 34.3. The van der Waals surface area contributed by atoms with Crippen molar-refractivity contribution in [2.75, 3.05) is 32.9 Å². The standard InChI is InChI=1S/C14H27NO4.C9H19NO2.C9H15NO2.ClH/c1-6-7-14(10-16,11(2)17)8-9-15-12(18)19-13(3,4)5;2*1-3-4-9(7-11,5-6-10)8(2)12;/h16H,6-10H2,1-5H3,(H,15,18);11H,3-7,10H2,1-2H3;11H,3-5,7H2,1-2H3;1H/t14-;2*9-;/m000./s1. The molecule has 0 saturated carbocycles. The molecule has 0 radical (unpaired) electrons. The van der Waals surface area contributed by atoms with Gasteiger partial charge in [0.25, 0.3) is 0 Å². The number of nitriles is 1. The van der Waals surface area contributed by atoms with Crippen LogP contribution in [0.5, 0.6) is 0 Å². The molecule has 0 saturated heterocycles. The smallest absolute Gasteiger partial charge is 0.407 e. The lowest BCUT2D eigenvalue weighted by Crippen LogP contribution is -2.39. The molecule has 3 atom stereocenters. The number of nitrogens with two attached hydrogens (primary N) is 1. The minimum atomic E-state index is -0.802. The summed E-state index contributed by atoms with van der Waals surface area (Å²) >= 11 is 0. The van der Waals surface area contributed by atoms with Gasteiger partial charge in [-0.2, -0.15) is 5.26 Å². The van der Waals surface area contributed by atoms with E-state index in [0.29, 0.717) is 38.8 Å². The molecule has 11 nitrogen and oxygen atoms in total. The predicted octanol–water partition coefficient (Wildman–Crippen LogP) is 4.66. The summed E-state index contributed by atoms with van der Waals surface area (Å²) in [6, 6.07) is 1.94. The summed E-state index contributed by atoms with van der Waals surface area (Å²) in [4.78, 5) is 45.6. The Bertz CT molecular complexity index is 867. The second kappa shape index (κ2) is 25.1. The third-order valence-electron chi connectivity index (χ3n) is 7.65. The van der Waals surface area contributed by atoms with Gasteiger partial charge in [-0.15, -0.1) is 12.4 Å². The molecular formula is C32H62ClN3O8. The molecular weight excluding hydrogens is 590 g/mol. The molecule has 260 valence electrons. The van der Waals surface area contributed by atoms with Crippen molar-refractivity contribution in [2.24, 2.45) is 22.0 Å². The molecule has 0 aromatic heterocycles. The number of carbonyl (C=O) groups excluding carboxylic acids is 4. The van der Waals surface area contributed by atoms with E-state index in [1.165, 1.54) is 20.8 Å². The number of hydrogen-bond acceptors (Lipinski definition) is 10. The highest BCUT2D eigenvalue weighted by molar-refractivity contribution is 5.85. The first-order valence-electron chi connectivity index (χ1n) is 15.3. The average Bonchev–Trinajstić information content (AvgIpc) is 2.91. The first-order valence-corrected chi connectivity index (χ1v) is 15.3. The number of carbonyl (C=O) groups is 4. The first kappa shape index (κ1) is 48.8. The van der Waals surface area contributed by atoms with E-state index < -0.39 is 27.9 Å². The average molecular weight is 652 g/mol. The van der Waals surface area contributed by atoms with Crippen LogP contribution in [0.15, 0.2) is 0 Å². The van der Waals surface area contributed by atoms with Gasteiger partial charge >= 0.3 is 6.09 Å². The van der Waals surface area contributed by atoms with Crippen molar-refractivity contribution in [3.8, 4) is 6.07 Å². The molecule has 0 aromatic rings. The Labute approximate surface area is 272 Å². The predicted molar refractivity (Wildman–Crippen MR) is 175 cm³/mol. The Morgan fingerprint density at radius 3 is 1.36 bits per heavy atom. The zero-order valence-corrected chi connectivity index (χ0v) is 29.5. The summed E-state index contributed by atoms with van der Waals surface area (Å²) in [6.45, 7) is 16.0. The van der Waals surface area contributed by atoms with Crippen LogP contribution in [0.2, 0.25) is 0 Å². The van der Waals surface area contributed by atoms with E-state index >= 15 is 0 Å². The number of aliphatic hydroxyl groups excluding tert-OH is 3. The maximum Gasteiger partial charge on any atom is 0.407 e. The molecule has 44 heavy (non-hydrogen) atoms. The van der Waals surface area contributed by atoms with Crippen molar-refractivity contribution in [3.05, 3.63) is 0 Å². The van der Waals surface area contributed by atoms with Crippen LogP contribution < -0.4 is 11.1 Å². The maximum atomic E-state index is 11.7. The highest BCUT2D eigenvalue weighted by Gasteiger charge is 2.35. The summed E-state index contributed by atoms with van der Waals surface area (Å²) in [7, 11) is 0. The monoisotopic (exact) mass is 651 g/mol. The molecule has 0 aliphatic rings. The van der Waals surface area contributed by atoms with Gasteiger partial charge in [-0.25, -0.2) is 4.79 Å². The fourth-order valence-corrected chi connectivity index (χ4v) is 4.71. The Balaban J connectivity index is -0.000000281. The second-order valence-corrected chi connectivity index (χ2v) is 12.3. The molecule has 0 aliphatic carbocycles. The van der Waals surface area contributed by atoms with Crippen LogP contribution in [0.3, 0.4) is 0 Å². The SMILES string of the molecule is CCC[C@@](CO)(CC#N)C(C)=O.CCC[C@@](CO)(CCN)C(C)=O.CCC[C@@](CO)(CCNC(=O)OC(C)(C)C)C(C)=O.Cl. The van der Waals surface area contributed by atoms with Crippen molar-refractivity contribution >= 4 is 35.9 Å². The van der Waals surface area contributed by atoms with Gasteiger partial charge in [0.2, 0.25) is 0 Å². The van der Waals surface area contributed by atoms with Crippen molar-refractivity contribution in [1.29, 1.82) is 5.26 Å². The summed E-state index contributed by atoms with van der Waals surface area (Å²) in [5.41, 5.74) is 2.74. The Kier molecular flexibility index (Phi) is 27.9. The van der Waals surface area contributed by atoms with Crippen LogP contribution in [0.1, 0.15) is 120 Å². The van der Waals surface area contributed by atoms with Gasteiger partial charge in [0, 0.05) is 13.0 Å². The Morgan fingerprint density at radius 2 is 1.09 bits per heavy atom. The van der Waals surface area contributed by atoms with Gasteiger partial charge in [-0.3, -0.25) is 14.4 Å². The lowest BCUT2D eigenvalue weighted by Gasteiger charge is -2.29. The minimum Gasteiger partial charge on any atom is -0.444 e. The first-order chi connectivity index (χ1) is 19.9. The van der Waals surface area contributed by atoms with Gasteiger partial charge in [-0.1, -0.05) is 40.0 Å². The van der Waals surface area contributed by atoms with Crippen LogP contribution in [0.25, 0.3) is 0 Å². The third kappa shape index (κ3) is 18.6. The third-order valence-corrected chi connectivity index (χ3v) is 7.65. The highest BCUT2D eigenvalue weighted by Crippen LogP contribution is 2.30. The summed E-state index contributed by atoms with van der Waals surface area (Å²) in [5.74, 6) is -0.0754. The Morgan fingerprint density at radius 1 is 0.727 bits per heavy atom. The fraction of sp³-hybridized carbons (Fsp3) is 0.844. The molecule has 0 fully saturated rings. The molecule has 0 aromatic carbocycles. The van der Waals surface area contributed by atoms with Crippen molar-refractivity contribution in [3.63, 3.8) is 0 Å². The number of aliphatic hydroxyl groups is 3. The number of amides is 1. The van der Waals surface area contributed by atoms with Crippen molar-refractivity contribution < 1.29 is 39.2 Å². The van der Waals surface area contributed by atoms with Crippen LogP contribution in [-0.2, 0) is 19.1 Å². The van der Waals surface area contributed by atoms with E-state index in [-0.39, 0.29) is 56.0 Å². The van der Waals surface area contributed by atoms with E-state index in [1.54, 1.807) is 20.8 Å². The number of rotatable bonds is 18. The highest BCUT2D eigenvalue weighted by atomic mass is 35.5. The zero-order valence-electron chi connectivity index (χ0n) is 28.7. The summed E-state index contributed by atoms with van der Waals surface area (Å²) < 4.78 is 5.11. The lowest BCUT2D eigenvalue weighted by atomic mass is 9.77. The lowest BCUT2D eigenvalue weighted by molar-refractivity contribution is -0.130. The van der Waals surface area contributed by atoms with E-state index in [4.69, 9.17) is 25.9 Å². The van der Waals surface area contributed by atoms with Crippen LogP contribution in [0, 0.1) is 27.6 Å². The number of ether oxygens (including phenoxy) is 1. The van der Waals surface area contributed by atoms with Gasteiger partial charge in [0.15, 0.2) is 0 Å². The fourth-order valence-electron chi connectivity index (χ4n) is 4.71. The van der Waals surface area contributed by atoms with Gasteiger partial charge in [0.1, 0.15) is 23.0 Å². The maximum absolute atomic E-state index is 11.7. The van der Waals surface area contributed by atoms with Gasteiger partial charge < -0.3 is 31.1 Å². The quantitative estimate of drug-likeness (QED) is 0.139. The Hall–Kier alpha value is -2.10. The van der Waals surface area contributed by atoms with Crippen molar-refractivity contribution in [2.45, 2.75) is 126 Å². The largest absolute Gasteiger partial charge is 0.444 e. The molecule has 0 aliphatic heterocycles. The summed E-state index contributed by atoms with van der Waals surface area (Å²) in [5, 5.41) is 38.7. The number of alkyl carbamates (subject to hydrolysis) is 1. The molecule has 0 heterocycles. The molecule has 0 bridgehead atoms. The molecule has 0 unspecified atom stereocenters. The van der Waals surface area contributed by atoms with E-state index in [1.807, 2.05) is 26.8 Å². The number of nitrogens with one attached hydrogen (secondary N) is 1.